The summed E-state index contributed by atoms with van der Waals surface area (Å²) in [5, 5.41) is 0. The lowest BCUT2D eigenvalue weighted by molar-refractivity contribution is 0.0692. The van der Waals surface area contributed by atoms with Crippen molar-refractivity contribution in [3.63, 3.8) is 0 Å². The number of benzene rings is 1. The Kier molecular flexibility index (Phi) is 3.98. The number of furan rings is 1. The van der Waals surface area contributed by atoms with Gasteiger partial charge in [-0.1, -0.05) is 6.07 Å². The third-order valence-corrected chi connectivity index (χ3v) is 5.16. The monoisotopic (exact) mass is 354 g/mol. The van der Waals surface area contributed by atoms with E-state index in [1.54, 1.807) is 10.6 Å². The lowest BCUT2D eigenvalue weighted by atomic mass is 10.0. The van der Waals surface area contributed by atoms with Gasteiger partial charge in [0.15, 0.2) is 5.58 Å². The molecule has 1 saturated heterocycles. The van der Waals surface area contributed by atoms with E-state index in [1.807, 2.05) is 43.9 Å². The molecule has 1 aliphatic heterocycles. The number of aromatic nitrogens is 1. The maximum atomic E-state index is 12.7. The highest BCUT2D eigenvalue weighted by Crippen LogP contribution is 2.27. The summed E-state index contributed by atoms with van der Waals surface area (Å²) in [6.07, 6.45) is 1.45. The minimum atomic E-state index is -0.323. The van der Waals surface area contributed by atoms with Gasteiger partial charge in [0.2, 0.25) is 0 Å². The molecule has 0 unspecified atom stereocenters. The summed E-state index contributed by atoms with van der Waals surface area (Å²) in [5.41, 5.74) is 3.16. The smallest absolute Gasteiger partial charge is 0.420 e. The number of amides is 1. The third-order valence-electron chi connectivity index (χ3n) is 5.16. The second kappa shape index (κ2) is 6.20. The van der Waals surface area contributed by atoms with E-state index in [4.69, 9.17) is 8.83 Å². The van der Waals surface area contributed by atoms with Crippen LogP contribution in [0.2, 0.25) is 0 Å². The van der Waals surface area contributed by atoms with Crippen LogP contribution < -0.4 is 5.76 Å². The predicted molar refractivity (Wildman–Crippen MR) is 97.6 cm³/mol. The van der Waals surface area contributed by atoms with Gasteiger partial charge in [-0.25, -0.2) is 4.79 Å². The molecule has 4 rings (SSSR count). The quantitative estimate of drug-likeness (QED) is 0.705. The Hall–Kier alpha value is -2.76. The summed E-state index contributed by atoms with van der Waals surface area (Å²) < 4.78 is 12.6. The van der Waals surface area contributed by atoms with E-state index < -0.39 is 0 Å². The standard InChI is InChI=1S/C20H22N2O4/c1-12-4-5-18-17(10-12)22(20(24)26-18)15-6-8-21(9-7-15)19(23)16-11-13(2)25-14(16)3/h4-5,10-11,15H,6-9H2,1-3H3. The third kappa shape index (κ3) is 2.75. The predicted octanol–water partition coefficient (Wildman–Crippen LogP) is 3.59. The van der Waals surface area contributed by atoms with Crippen LogP contribution in [0.1, 0.15) is 46.3 Å². The number of hydrogen-bond donors (Lipinski definition) is 0. The molecule has 26 heavy (non-hydrogen) atoms. The van der Waals surface area contributed by atoms with Gasteiger partial charge in [0, 0.05) is 19.1 Å². The van der Waals surface area contributed by atoms with Gasteiger partial charge in [-0.15, -0.1) is 0 Å². The molecule has 1 amide bonds. The van der Waals surface area contributed by atoms with Crippen molar-refractivity contribution in [2.75, 3.05) is 13.1 Å². The molecule has 0 aliphatic carbocycles. The van der Waals surface area contributed by atoms with Crippen molar-refractivity contribution < 1.29 is 13.6 Å². The number of carbonyl (C=O) groups excluding carboxylic acids is 1. The Morgan fingerprint density at radius 3 is 2.46 bits per heavy atom. The Labute approximate surface area is 151 Å². The van der Waals surface area contributed by atoms with Crippen molar-refractivity contribution in [3.8, 4) is 0 Å². The Morgan fingerprint density at radius 1 is 1.08 bits per heavy atom. The molecule has 0 spiro atoms. The molecule has 2 aromatic heterocycles. The Morgan fingerprint density at radius 2 is 1.81 bits per heavy atom. The van der Waals surface area contributed by atoms with Gasteiger partial charge in [0.05, 0.1) is 11.1 Å². The number of nitrogens with zero attached hydrogens (tertiary/aromatic N) is 2. The van der Waals surface area contributed by atoms with Crippen LogP contribution in [0.25, 0.3) is 11.1 Å². The number of oxazole rings is 1. The van der Waals surface area contributed by atoms with Gasteiger partial charge < -0.3 is 13.7 Å². The highest BCUT2D eigenvalue weighted by atomic mass is 16.4. The molecule has 0 radical (unpaired) electrons. The first-order valence-corrected chi connectivity index (χ1v) is 8.92. The van der Waals surface area contributed by atoms with Crippen molar-refractivity contribution in [1.82, 2.24) is 9.47 Å². The number of piperidine rings is 1. The average Bonchev–Trinajstić information content (AvgIpc) is 3.12. The molecule has 1 fully saturated rings. The van der Waals surface area contributed by atoms with E-state index in [1.165, 1.54) is 0 Å². The van der Waals surface area contributed by atoms with E-state index in [2.05, 4.69) is 0 Å². The molecule has 0 bridgehead atoms. The molecule has 3 aromatic rings. The van der Waals surface area contributed by atoms with Gasteiger partial charge in [-0.3, -0.25) is 9.36 Å². The maximum absolute atomic E-state index is 12.7. The zero-order valence-electron chi connectivity index (χ0n) is 15.2. The molecule has 0 N–H and O–H groups in total. The normalized spacial score (nSPS) is 15.7. The molecule has 6 nitrogen and oxygen atoms in total. The summed E-state index contributed by atoms with van der Waals surface area (Å²) in [7, 11) is 0. The summed E-state index contributed by atoms with van der Waals surface area (Å²) in [5.74, 6) is 1.07. The SMILES string of the molecule is Cc1ccc2oc(=O)n(C3CCN(C(=O)c4cc(C)oc4C)CC3)c2c1. The highest BCUT2D eigenvalue weighted by molar-refractivity contribution is 5.95. The molecule has 0 atom stereocenters. The van der Waals surface area contributed by atoms with Crippen LogP contribution in [-0.2, 0) is 0 Å². The number of hydrogen-bond acceptors (Lipinski definition) is 4. The largest absolute Gasteiger partial charge is 0.466 e. The van der Waals surface area contributed by atoms with Crippen molar-refractivity contribution in [2.45, 2.75) is 39.7 Å². The molecule has 3 heterocycles. The van der Waals surface area contributed by atoms with E-state index in [-0.39, 0.29) is 17.7 Å². The van der Waals surface area contributed by atoms with Crippen molar-refractivity contribution in [2.24, 2.45) is 0 Å². The molecule has 6 heteroatoms. The lowest BCUT2D eigenvalue weighted by Gasteiger charge is -2.32. The zero-order valence-corrected chi connectivity index (χ0v) is 15.2. The first-order valence-electron chi connectivity index (χ1n) is 8.92. The Balaban J connectivity index is 1.55. The molecule has 136 valence electrons. The van der Waals surface area contributed by atoms with Crippen LogP contribution >= 0.6 is 0 Å². The van der Waals surface area contributed by atoms with Crippen LogP contribution in [-0.4, -0.2) is 28.5 Å². The molecular weight excluding hydrogens is 332 g/mol. The van der Waals surface area contributed by atoms with Crippen LogP contribution in [0.3, 0.4) is 0 Å². The Bertz CT molecular complexity index is 1030. The summed E-state index contributed by atoms with van der Waals surface area (Å²) in [6, 6.07) is 7.59. The van der Waals surface area contributed by atoms with Gasteiger partial charge in [-0.2, -0.15) is 0 Å². The summed E-state index contributed by atoms with van der Waals surface area (Å²) in [6.45, 7) is 6.87. The van der Waals surface area contributed by atoms with E-state index in [0.29, 0.717) is 30.0 Å². The highest BCUT2D eigenvalue weighted by Gasteiger charge is 2.28. The second-order valence-corrected chi connectivity index (χ2v) is 7.06. The van der Waals surface area contributed by atoms with Crippen LogP contribution in [0.15, 0.2) is 37.9 Å². The van der Waals surface area contributed by atoms with Gasteiger partial charge in [0.1, 0.15) is 11.5 Å². The maximum Gasteiger partial charge on any atom is 0.420 e. The van der Waals surface area contributed by atoms with E-state index in [9.17, 15) is 9.59 Å². The molecular formula is C20H22N2O4. The van der Waals surface area contributed by atoms with Crippen molar-refractivity contribution >= 4 is 17.0 Å². The number of carbonyl (C=O) groups is 1. The second-order valence-electron chi connectivity index (χ2n) is 7.06. The number of fused-ring (bicyclic) bond motifs is 1. The molecule has 0 saturated carbocycles. The molecule has 1 aromatic carbocycles. The van der Waals surface area contributed by atoms with E-state index in [0.717, 1.165) is 29.7 Å². The van der Waals surface area contributed by atoms with Crippen LogP contribution in [0, 0.1) is 20.8 Å². The van der Waals surface area contributed by atoms with Crippen LogP contribution in [0.4, 0.5) is 0 Å². The van der Waals surface area contributed by atoms with Gasteiger partial charge >= 0.3 is 5.76 Å². The fraction of sp³-hybridized carbons (Fsp3) is 0.400. The summed E-state index contributed by atoms with van der Waals surface area (Å²) >= 11 is 0. The van der Waals surface area contributed by atoms with Crippen molar-refractivity contribution in [3.05, 3.63) is 57.5 Å². The topological polar surface area (TPSA) is 68.6 Å². The average molecular weight is 354 g/mol. The fourth-order valence-corrected chi connectivity index (χ4v) is 3.83. The number of rotatable bonds is 2. The first kappa shape index (κ1) is 16.7. The fourth-order valence-electron chi connectivity index (χ4n) is 3.83. The minimum Gasteiger partial charge on any atom is -0.466 e. The van der Waals surface area contributed by atoms with Gasteiger partial charge in [0.25, 0.3) is 5.91 Å². The minimum absolute atomic E-state index is 0.00181. The molecule has 1 aliphatic rings. The number of likely N-dealkylation sites (tertiary alicyclic amines) is 1. The zero-order chi connectivity index (χ0) is 18.4. The van der Waals surface area contributed by atoms with Crippen molar-refractivity contribution in [1.29, 1.82) is 0 Å². The van der Waals surface area contributed by atoms with E-state index >= 15 is 0 Å². The number of aryl methyl sites for hydroxylation is 3. The first-order chi connectivity index (χ1) is 12.4. The summed E-state index contributed by atoms with van der Waals surface area (Å²) in [4.78, 5) is 26.9. The lowest BCUT2D eigenvalue weighted by Crippen LogP contribution is -2.40. The van der Waals surface area contributed by atoms with Crippen LogP contribution in [0.5, 0.6) is 0 Å². The van der Waals surface area contributed by atoms with Gasteiger partial charge in [-0.05, 0) is 57.4 Å².